The zero-order valence-corrected chi connectivity index (χ0v) is 18.1. The van der Waals surface area contributed by atoms with Crippen LogP contribution in [-0.4, -0.2) is 63.4 Å². The van der Waals surface area contributed by atoms with Gasteiger partial charge < -0.3 is 26.2 Å². The van der Waals surface area contributed by atoms with Crippen molar-refractivity contribution in [3.05, 3.63) is 35.4 Å². The number of carboxylic acids is 2. The third kappa shape index (κ3) is 8.13. The number of amides is 3. The Morgan fingerprint density at radius 3 is 1.97 bits per heavy atom. The van der Waals surface area contributed by atoms with Gasteiger partial charge >= 0.3 is 11.9 Å². The summed E-state index contributed by atoms with van der Waals surface area (Å²) in [5, 5.41) is 26.3. The summed E-state index contributed by atoms with van der Waals surface area (Å²) in [7, 11) is 0. The molecule has 0 fully saturated rings. The average Bonchev–Trinajstić information content (AvgIpc) is 2.70. The number of carboxylic acid groups (broad SMARTS) is 2. The van der Waals surface area contributed by atoms with Gasteiger partial charge in [-0.3, -0.25) is 19.2 Å². The van der Waals surface area contributed by atoms with Crippen molar-refractivity contribution in [1.82, 2.24) is 16.0 Å². The molecule has 31 heavy (non-hydrogen) atoms. The second-order valence-electron chi connectivity index (χ2n) is 7.16. The molecule has 0 bridgehead atoms. The Morgan fingerprint density at radius 2 is 1.52 bits per heavy atom. The molecule has 0 unspecified atom stereocenters. The van der Waals surface area contributed by atoms with Crippen molar-refractivity contribution in [3.8, 4) is 0 Å². The van der Waals surface area contributed by atoms with Crippen molar-refractivity contribution in [2.24, 2.45) is 5.92 Å². The van der Waals surface area contributed by atoms with Crippen LogP contribution < -0.4 is 16.0 Å². The van der Waals surface area contributed by atoms with Crippen LogP contribution in [0.2, 0.25) is 0 Å². The van der Waals surface area contributed by atoms with Crippen molar-refractivity contribution in [2.75, 3.05) is 0 Å². The number of carbonyl (C=O) groups is 5. The summed E-state index contributed by atoms with van der Waals surface area (Å²) in [5.74, 6) is -5.24. The molecule has 10 nitrogen and oxygen atoms in total. The number of hydrogen-bond donors (Lipinski definition) is 5. The number of rotatable bonds is 11. The highest BCUT2D eigenvalue weighted by atomic mass is 32.1. The number of hydrogen-bond acceptors (Lipinski definition) is 6. The number of nitrogens with one attached hydrogen (secondary N) is 3. The molecular weight excluding hydrogens is 426 g/mol. The van der Waals surface area contributed by atoms with Crippen molar-refractivity contribution in [3.63, 3.8) is 0 Å². The molecule has 0 radical (unpaired) electrons. The molecular formula is C20H25N3O7S. The predicted octanol–water partition coefficient (Wildman–Crippen LogP) is 0.338. The summed E-state index contributed by atoms with van der Waals surface area (Å²) >= 11 is 4.81. The highest BCUT2D eigenvalue weighted by Gasteiger charge is 2.29. The third-order valence-corrected chi connectivity index (χ3v) is 4.56. The van der Waals surface area contributed by atoms with Crippen molar-refractivity contribution in [1.29, 1.82) is 0 Å². The fourth-order valence-electron chi connectivity index (χ4n) is 2.51. The molecule has 0 saturated carbocycles. The van der Waals surface area contributed by atoms with Gasteiger partial charge in [0.1, 0.15) is 18.1 Å². The fraction of sp³-hybridized carbons (Fsp3) is 0.400. The maximum Gasteiger partial charge on any atom is 0.326 e. The lowest BCUT2D eigenvalue weighted by Gasteiger charge is -2.24. The summed E-state index contributed by atoms with van der Waals surface area (Å²) in [6, 6.07) is 2.68. The molecule has 0 aliphatic heterocycles. The Balaban J connectivity index is 2.80. The quantitative estimate of drug-likeness (QED) is 0.301. The van der Waals surface area contributed by atoms with Gasteiger partial charge in [-0.15, -0.1) is 0 Å². The van der Waals surface area contributed by atoms with Gasteiger partial charge in [0.2, 0.25) is 11.8 Å². The van der Waals surface area contributed by atoms with Gasteiger partial charge in [0.05, 0.1) is 6.42 Å². The number of carbonyl (C=O) groups excluding carboxylic acids is 3. The van der Waals surface area contributed by atoms with Gasteiger partial charge in [0.25, 0.3) is 5.91 Å². The summed E-state index contributed by atoms with van der Waals surface area (Å²) in [6.45, 7) is 4.73. The lowest BCUT2D eigenvalue weighted by Crippen LogP contribution is -2.56. The molecule has 0 aliphatic rings. The molecule has 0 spiro atoms. The maximum absolute atomic E-state index is 12.6. The molecule has 1 aromatic carbocycles. The monoisotopic (exact) mass is 451 g/mol. The van der Waals surface area contributed by atoms with Crippen LogP contribution in [0.5, 0.6) is 0 Å². The second kappa shape index (κ2) is 11.7. The largest absolute Gasteiger partial charge is 0.481 e. The van der Waals surface area contributed by atoms with Gasteiger partial charge in [0.15, 0.2) is 0 Å². The standard InChI is InChI=1S/C20H25N3O7S/c1-10(2)16(23-18(27)13-6-4-12(9-31)5-7-13)19(28)21-11(3)17(26)22-14(20(29)30)8-15(24)25/h4-7,9-11,14,16H,8H2,1-3H3,(H,21,28)(H,22,26)(H,23,27)(H,24,25)(H,29,30)/t11-,14-,16-/m0/s1. The Labute approximate surface area is 184 Å². The van der Waals surface area contributed by atoms with E-state index in [-0.39, 0.29) is 5.92 Å². The van der Waals surface area contributed by atoms with Crippen LogP contribution in [0.3, 0.4) is 0 Å². The minimum atomic E-state index is -1.64. The van der Waals surface area contributed by atoms with E-state index in [0.29, 0.717) is 5.56 Å². The predicted molar refractivity (Wildman–Crippen MR) is 115 cm³/mol. The van der Waals surface area contributed by atoms with Gasteiger partial charge in [-0.05, 0) is 30.5 Å². The molecule has 0 aliphatic carbocycles. The van der Waals surface area contributed by atoms with Crippen LogP contribution in [0.15, 0.2) is 24.3 Å². The Hall–Kier alpha value is -3.34. The van der Waals surface area contributed by atoms with E-state index in [2.05, 4.69) is 16.0 Å². The van der Waals surface area contributed by atoms with Crippen molar-refractivity contribution >= 4 is 47.2 Å². The van der Waals surface area contributed by atoms with E-state index >= 15 is 0 Å². The summed E-state index contributed by atoms with van der Waals surface area (Å²) in [6.07, 6.45) is -0.811. The van der Waals surface area contributed by atoms with Crippen LogP contribution in [-0.2, 0) is 19.2 Å². The first kappa shape index (κ1) is 25.7. The molecule has 3 atom stereocenters. The minimum absolute atomic E-state index is 0.321. The van der Waals surface area contributed by atoms with E-state index in [0.717, 1.165) is 5.56 Å². The normalized spacial score (nSPS) is 13.4. The highest BCUT2D eigenvalue weighted by molar-refractivity contribution is 7.79. The van der Waals surface area contributed by atoms with Gasteiger partial charge in [0, 0.05) is 10.9 Å². The zero-order valence-electron chi connectivity index (χ0n) is 17.2. The fourth-order valence-corrected chi connectivity index (χ4v) is 2.67. The topological polar surface area (TPSA) is 162 Å². The molecule has 0 saturated heterocycles. The van der Waals surface area contributed by atoms with Crippen LogP contribution in [0.25, 0.3) is 0 Å². The van der Waals surface area contributed by atoms with E-state index in [1.807, 2.05) is 0 Å². The van der Waals surface area contributed by atoms with Gasteiger partial charge in [-0.25, -0.2) is 4.79 Å². The molecule has 1 rings (SSSR count). The number of aliphatic carboxylic acids is 2. The van der Waals surface area contributed by atoms with E-state index in [9.17, 15) is 24.0 Å². The first-order chi connectivity index (χ1) is 14.5. The third-order valence-electron chi connectivity index (χ3n) is 4.29. The number of benzene rings is 1. The van der Waals surface area contributed by atoms with Crippen LogP contribution >= 0.6 is 12.2 Å². The molecule has 0 heterocycles. The zero-order chi connectivity index (χ0) is 23.7. The lowest BCUT2D eigenvalue weighted by molar-refractivity contribution is -0.147. The van der Waals surface area contributed by atoms with Crippen molar-refractivity contribution in [2.45, 2.75) is 45.3 Å². The van der Waals surface area contributed by atoms with E-state index in [1.54, 1.807) is 38.1 Å². The number of thiocarbonyl (C=S) groups is 1. The summed E-state index contributed by atoms with van der Waals surface area (Å²) in [4.78, 5) is 59.1. The van der Waals surface area contributed by atoms with Crippen molar-refractivity contribution < 1.29 is 34.2 Å². The maximum atomic E-state index is 12.6. The Bertz CT molecular complexity index is 855. The lowest BCUT2D eigenvalue weighted by atomic mass is 10.0. The average molecular weight is 452 g/mol. The Kier molecular flexibility index (Phi) is 9.74. The second-order valence-corrected chi connectivity index (χ2v) is 7.40. The SMILES string of the molecule is CC(C)[C@H](NC(=O)c1ccc(C=S)cc1)C(=O)N[C@@H](C)C(=O)N[C@@H](CC(=O)O)C(=O)O. The molecule has 3 amide bonds. The molecule has 5 N–H and O–H groups in total. The van der Waals surface area contributed by atoms with Gasteiger partial charge in [-0.1, -0.05) is 38.2 Å². The first-order valence-electron chi connectivity index (χ1n) is 9.37. The molecule has 11 heteroatoms. The van der Waals surface area contributed by atoms with Crippen LogP contribution in [0.4, 0.5) is 0 Å². The van der Waals surface area contributed by atoms with Crippen LogP contribution in [0.1, 0.15) is 43.1 Å². The van der Waals surface area contributed by atoms with E-state index < -0.39 is 54.2 Å². The molecule has 1 aromatic rings. The van der Waals surface area contributed by atoms with Gasteiger partial charge in [-0.2, -0.15) is 0 Å². The minimum Gasteiger partial charge on any atom is -0.481 e. The first-order valence-corrected chi connectivity index (χ1v) is 9.84. The summed E-state index contributed by atoms with van der Waals surface area (Å²) in [5.41, 5.74) is 1.08. The van der Waals surface area contributed by atoms with E-state index in [4.69, 9.17) is 22.4 Å². The summed E-state index contributed by atoms with van der Waals surface area (Å²) < 4.78 is 0. The molecule has 168 valence electrons. The Morgan fingerprint density at radius 1 is 0.935 bits per heavy atom. The van der Waals surface area contributed by atoms with E-state index in [1.165, 1.54) is 12.3 Å². The smallest absolute Gasteiger partial charge is 0.326 e. The molecule has 0 aromatic heterocycles. The highest BCUT2D eigenvalue weighted by Crippen LogP contribution is 2.07. The van der Waals surface area contributed by atoms with Crippen LogP contribution in [0, 0.1) is 5.92 Å².